The van der Waals surface area contributed by atoms with Gasteiger partial charge in [0.05, 0.1) is 22.5 Å². The third kappa shape index (κ3) is 4.23. The van der Waals surface area contributed by atoms with Crippen molar-refractivity contribution in [1.29, 1.82) is 0 Å². The molecule has 2 N–H and O–H groups in total. The highest BCUT2D eigenvalue weighted by molar-refractivity contribution is 6.11. The van der Waals surface area contributed by atoms with Gasteiger partial charge in [-0.1, -0.05) is 146 Å². The second kappa shape index (κ2) is 11.4. The summed E-state index contributed by atoms with van der Waals surface area (Å²) in [7, 11) is 0. The molecule has 7 aromatic carbocycles. The largest absolute Gasteiger partial charge is 0.386 e. The zero-order valence-electron chi connectivity index (χ0n) is 27.6. The Bertz CT molecular complexity index is 2510. The summed E-state index contributed by atoms with van der Waals surface area (Å²) in [5.74, 6) is 0. The van der Waals surface area contributed by atoms with E-state index in [-0.39, 0.29) is 6.04 Å². The highest BCUT2D eigenvalue weighted by Gasteiger charge is 2.50. The number of hydrogen-bond acceptors (Lipinski definition) is 2. The van der Waals surface area contributed by atoms with E-state index < -0.39 is 5.41 Å². The standard InChI is InChI=1S/C47H35N3/c1-4-14-33(15-5-1)46-47(35-17-6-2-7-18-35,36-19-8-3-9-20-36)42-29-45-40(28-43(42)49-46)39-22-12-13-23-44(39)50(45)37-26-24-32(25-27-37)41-31-48-30-34-16-10-11-21-38(34)41/h1-29,31,46,48-49H,30H2. The third-order valence-corrected chi connectivity index (χ3v) is 10.8. The Kier molecular flexibility index (Phi) is 6.53. The SMILES string of the molecule is C1=C(c2ccc(-n3c4ccccc4c4cc5c(cc43)C(c3ccccc3)(c3ccccc3)C(c3ccccc3)N5)cc2)c2ccccc2CN1. The Labute approximate surface area is 292 Å². The number of benzene rings is 7. The Morgan fingerprint density at radius 3 is 1.94 bits per heavy atom. The van der Waals surface area contributed by atoms with Crippen molar-refractivity contribution in [2.45, 2.75) is 18.0 Å². The normalized spacial score (nSPS) is 15.9. The molecule has 3 heteroatoms. The summed E-state index contributed by atoms with van der Waals surface area (Å²) < 4.78 is 2.45. The fourth-order valence-electron chi connectivity index (χ4n) is 8.66. The van der Waals surface area contributed by atoms with Gasteiger partial charge in [-0.25, -0.2) is 0 Å². The highest BCUT2D eigenvalue weighted by Crippen LogP contribution is 2.57. The van der Waals surface area contributed by atoms with Crippen LogP contribution in [0.2, 0.25) is 0 Å². The average molecular weight is 642 g/mol. The van der Waals surface area contributed by atoms with Crippen molar-refractivity contribution >= 4 is 33.1 Å². The molecule has 0 spiro atoms. The number of aromatic nitrogens is 1. The number of nitrogens with one attached hydrogen (secondary N) is 2. The molecule has 0 fully saturated rings. The maximum Gasteiger partial charge on any atom is 0.0715 e. The predicted molar refractivity (Wildman–Crippen MR) is 207 cm³/mol. The Morgan fingerprint density at radius 1 is 0.560 bits per heavy atom. The smallest absolute Gasteiger partial charge is 0.0715 e. The minimum atomic E-state index is -0.466. The first-order chi connectivity index (χ1) is 24.8. The summed E-state index contributed by atoms with van der Waals surface area (Å²) in [6.45, 7) is 0.858. The molecular formula is C47H35N3. The van der Waals surface area contributed by atoms with Crippen LogP contribution in [0.15, 0.2) is 182 Å². The van der Waals surface area contributed by atoms with E-state index in [9.17, 15) is 0 Å². The number of rotatable bonds is 5. The summed E-state index contributed by atoms with van der Waals surface area (Å²) in [5, 5.41) is 10.0. The molecule has 0 amide bonds. The molecule has 0 radical (unpaired) electrons. The van der Waals surface area contributed by atoms with E-state index >= 15 is 0 Å². The summed E-state index contributed by atoms with van der Waals surface area (Å²) >= 11 is 0. The zero-order valence-corrected chi connectivity index (χ0v) is 27.6. The molecule has 0 saturated carbocycles. The van der Waals surface area contributed by atoms with Crippen molar-refractivity contribution in [3.8, 4) is 5.69 Å². The van der Waals surface area contributed by atoms with Crippen LogP contribution in [-0.4, -0.2) is 4.57 Å². The maximum atomic E-state index is 4.08. The van der Waals surface area contributed by atoms with E-state index in [4.69, 9.17) is 0 Å². The molecule has 3 heterocycles. The van der Waals surface area contributed by atoms with Gasteiger partial charge in [-0.2, -0.15) is 0 Å². The van der Waals surface area contributed by atoms with Gasteiger partial charge >= 0.3 is 0 Å². The van der Waals surface area contributed by atoms with E-state index in [0.29, 0.717) is 0 Å². The van der Waals surface area contributed by atoms with Crippen molar-refractivity contribution in [2.24, 2.45) is 0 Å². The lowest BCUT2D eigenvalue weighted by Gasteiger charge is -2.37. The molecule has 8 aromatic rings. The lowest BCUT2D eigenvalue weighted by atomic mass is 9.65. The van der Waals surface area contributed by atoms with Crippen LogP contribution in [-0.2, 0) is 12.0 Å². The number of nitrogens with zero attached hydrogens (tertiary/aromatic N) is 1. The fraction of sp³-hybridized carbons (Fsp3) is 0.0638. The minimum absolute atomic E-state index is 0.00532. The van der Waals surface area contributed by atoms with E-state index in [2.05, 4.69) is 197 Å². The molecule has 2 aliphatic rings. The van der Waals surface area contributed by atoms with Crippen LogP contribution in [0, 0.1) is 0 Å². The van der Waals surface area contributed by atoms with Gasteiger partial charge in [0.25, 0.3) is 0 Å². The summed E-state index contributed by atoms with van der Waals surface area (Å²) in [5.41, 5.74) is 14.4. The molecule has 1 unspecified atom stereocenters. The zero-order chi connectivity index (χ0) is 33.1. The number of hydrogen-bond donors (Lipinski definition) is 2. The first kappa shape index (κ1) is 28.7. The summed E-state index contributed by atoms with van der Waals surface area (Å²) in [6.07, 6.45) is 2.16. The van der Waals surface area contributed by atoms with Crippen molar-refractivity contribution in [2.75, 3.05) is 5.32 Å². The van der Waals surface area contributed by atoms with Crippen LogP contribution >= 0.6 is 0 Å². The molecule has 0 saturated heterocycles. The predicted octanol–water partition coefficient (Wildman–Crippen LogP) is 10.8. The molecule has 0 bridgehead atoms. The van der Waals surface area contributed by atoms with Crippen molar-refractivity contribution in [3.63, 3.8) is 0 Å². The van der Waals surface area contributed by atoms with Crippen molar-refractivity contribution < 1.29 is 0 Å². The Hall–Kier alpha value is -6.32. The number of anilines is 1. The lowest BCUT2D eigenvalue weighted by Crippen LogP contribution is -2.35. The summed E-state index contributed by atoms with van der Waals surface area (Å²) in [6, 6.07) is 64.5. The molecule has 2 aliphatic heterocycles. The van der Waals surface area contributed by atoms with Gasteiger partial charge in [0, 0.05) is 40.5 Å². The van der Waals surface area contributed by atoms with Crippen LogP contribution < -0.4 is 10.6 Å². The lowest BCUT2D eigenvalue weighted by molar-refractivity contribution is 0.554. The van der Waals surface area contributed by atoms with E-state index in [1.807, 2.05) is 0 Å². The van der Waals surface area contributed by atoms with Crippen LogP contribution in [0.4, 0.5) is 5.69 Å². The molecule has 50 heavy (non-hydrogen) atoms. The van der Waals surface area contributed by atoms with Crippen LogP contribution in [0.5, 0.6) is 0 Å². The van der Waals surface area contributed by atoms with Gasteiger partial charge < -0.3 is 15.2 Å². The Balaban J connectivity index is 1.22. The van der Waals surface area contributed by atoms with Gasteiger partial charge in [0.15, 0.2) is 0 Å². The van der Waals surface area contributed by atoms with Crippen LogP contribution in [0.1, 0.15) is 45.0 Å². The maximum absolute atomic E-state index is 4.08. The Morgan fingerprint density at radius 2 is 1.20 bits per heavy atom. The highest BCUT2D eigenvalue weighted by atomic mass is 15.0. The van der Waals surface area contributed by atoms with Gasteiger partial charge in [-0.05, 0) is 69.3 Å². The number of fused-ring (bicyclic) bond motifs is 5. The van der Waals surface area contributed by atoms with Gasteiger partial charge in [0.1, 0.15) is 0 Å². The topological polar surface area (TPSA) is 29.0 Å². The van der Waals surface area contributed by atoms with Crippen LogP contribution in [0.25, 0.3) is 33.1 Å². The fourth-order valence-corrected chi connectivity index (χ4v) is 8.66. The summed E-state index contributed by atoms with van der Waals surface area (Å²) in [4.78, 5) is 0. The molecule has 1 aromatic heterocycles. The first-order valence-corrected chi connectivity index (χ1v) is 17.4. The van der Waals surface area contributed by atoms with Crippen molar-refractivity contribution in [3.05, 3.63) is 221 Å². The first-order valence-electron chi connectivity index (χ1n) is 17.4. The quantitative estimate of drug-likeness (QED) is 0.196. The molecule has 1 atom stereocenters. The van der Waals surface area contributed by atoms with Crippen LogP contribution in [0.3, 0.4) is 0 Å². The molecule has 3 nitrogen and oxygen atoms in total. The van der Waals surface area contributed by atoms with Crippen molar-refractivity contribution in [1.82, 2.24) is 9.88 Å². The number of para-hydroxylation sites is 1. The van der Waals surface area contributed by atoms with Gasteiger partial charge in [0.2, 0.25) is 0 Å². The van der Waals surface area contributed by atoms with Gasteiger partial charge in [-0.15, -0.1) is 0 Å². The average Bonchev–Trinajstić information content (AvgIpc) is 3.71. The van der Waals surface area contributed by atoms with Gasteiger partial charge in [-0.3, -0.25) is 0 Å². The monoisotopic (exact) mass is 641 g/mol. The third-order valence-electron chi connectivity index (χ3n) is 10.8. The molecule has 238 valence electrons. The van der Waals surface area contributed by atoms with E-state index in [1.165, 1.54) is 72.0 Å². The molecule has 10 rings (SSSR count). The second-order valence-corrected chi connectivity index (χ2v) is 13.4. The molecule has 0 aliphatic carbocycles. The minimum Gasteiger partial charge on any atom is -0.386 e. The van der Waals surface area contributed by atoms with E-state index in [1.54, 1.807) is 0 Å². The molecular weight excluding hydrogens is 607 g/mol. The van der Waals surface area contributed by atoms with E-state index in [0.717, 1.165) is 12.2 Å². The second-order valence-electron chi connectivity index (χ2n) is 13.4.